The van der Waals surface area contributed by atoms with Gasteiger partial charge in [0.1, 0.15) is 59.1 Å². The van der Waals surface area contributed by atoms with Crippen LogP contribution in [0.15, 0.2) is 109 Å². The Kier molecular flexibility index (Phi) is 27.0. The summed E-state index contributed by atoms with van der Waals surface area (Å²) in [5.41, 5.74) is 6.31. The lowest BCUT2D eigenvalue weighted by Gasteiger charge is -2.28. The number of carbonyl (C=O) groups is 7. The molecule has 444 valence electrons. The minimum absolute atomic E-state index is 0.0311. The summed E-state index contributed by atoms with van der Waals surface area (Å²) in [6, 6.07) is 24.2. The molecule has 0 unspecified atom stereocenters. The Hall–Kier alpha value is -7.79. The predicted molar refractivity (Wildman–Crippen MR) is 312 cm³/mol. The molecular weight excluding hydrogens is 1050 g/mol. The number of benzene rings is 4. The lowest BCUT2D eigenvalue weighted by molar-refractivity contribution is -0.158. The molecule has 0 aliphatic carbocycles. The number of carbonyl (C=O) groups excluding carboxylic acids is 7. The van der Waals surface area contributed by atoms with Gasteiger partial charge >= 0.3 is 11.9 Å². The van der Waals surface area contributed by atoms with Gasteiger partial charge in [0, 0.05) is 31.6 Å². The van der Waals surface area contributed by atoms with Crippen molar-refractivity contribution in [1.82, 2.24) is 21.3 Å². The average Bonchev–Trinajstić information content (AvgIpc) is 3.44. The molecule has 82 heavy (non-hydrogen) atoms. The van der Waals surface area contributed by atoms with Crippen LogP contribution in [0.5, 0.6) is 11.5 Å². The summed E-state index contributed by atoms with van der Waals surface area (Å²) in [5, 5.41) is 13.5. The Morgan fingerprint density at radius 3 is 1.40 bits per heavy atom. The quantitative estimate of drug-likeness (QED) is 0.0179. The molecule has 4 aromatic rings. The van der Waals surface area contributed by atoms with Gasteiger partial charge in [-0.25, -0.2) is 0 Å². The van der Waals surface area contributed by atoms with Crippen molar-refractivity contribution in [2.75, 3.05) is 38.4 Å². The van der Waals surface area contributed by atoms with Crippen molar-refractivity contribution >= 4 is 47.2 Å². The zero-order valence-electron chi connectivity index (χ0n) is 49.1. The van der Waals surface area contributed by atoms with Gasteiger partial charge in [-0.15, -0.1) is 11.8 Å². The normalized spacial score (nSPS) is 13.3. The monoisotopic (exact) mass is 1130 g/mol. The molecule has 4 aromatic carbocycles. The van der Waals surface area contributed by atoms with Gasteiger partial charge in [-0.2, -0.15) is 0 Å². The zero-order valence-corrected chi connectivity index (χ0v) is 49.1. The van der Waals surface area contributed by atoms with Crippen LogP contribution in [0.4, 0.5) is 5.69 Å². The van der Waals surface area contributed by atoms with Gasteiger partial charge in [-0.1, -0.05) is 72.8 Å². The predicted octanol–water partition coefficient (Wildman–Crippen LogP) is 6.48. The minimum atomic E-state index is -1.73. The molecule has 5 amide bonds. The van der Waals surface area contributed by atoms with E-state index < -0.39 is 101 Å². The molecule has 0 radical (unpaired) electrons. The van der Waals surface area contributed by atoms with Gasteiger partial charge < -0.3 is 60.7 Å². The van der Waals surface area contributed by atoms with Crippen LogP contribution in [-0.2, 0) is 71.8 Å². The van der Waals surface area contributed by atoms with E-state index >= 15 is 0 Å². The number of amides is 5. The standard InChI is InChI=1S/C63H84N6O13/c1-11-12-13-20-33-77-34-35-78-36-37-79-47-31-27-46(28-32-47)65-57(73)52(41-54(70)81-62(5,6)7)68-60(76)53(42-55(71)82-63(8,9)10)69-59(75)51(39-44-23-18-15-19-24-44)67-58(74)50(40-45-25-29-48(30-26-45)80-61(2,3)4)66-56(72)49(64)38-43-21-16-14-17-22-43/h14-19,21-32,49-53H,13,20,33-42,64H2,1-10H3,(H,65,73)(H,66,72)(H,67,74)(H,68,76)(H,69,75)/t49-,50-,51-,52-,53-/m0/s1. The van der Waals surface area contributed by atoms with Crippen LogP contribution >= 0.6 is 0 Å². The largest absolute Gasteiger partial charge is 0.491 e. The molecule has 0 aliphatic heterocycles. The number of nitrogens with one attached hydrogen (secondary N) is 5. The van der Waals surface area contributed by atoms with Crippen LogP contribution in [0, 0.1) is 11.8 Å². The van der Waals surface area contributed by atoms with E-state index in [1.54, 1.807) is 127 Å². The van der Waals surface area contributed by atoms with E-state index in [9.17, 15) is 33.6 Å². The Morgan fingerprint density at radius 1 is 0.476 bits per heavy atom. The van der Waals surface area contributed by atoms with Crippen LogP contribution in [0.3, 0.4) is 0 Å². The zero-order chi connectivity index (χ0) is 60.3. The van der Waals surface area contributed by atoms with E-state index in [0.717, 1.165) is 18.4 Å². The summed E-state index contributed by atoms with van der Waals surface area (Å²) in [4.78, 5) is 98.8. The Morgan fingerprint density at radius 2 is 0.902 bits per heavy atom. The van der Waals surface area contributed by atoms with Gasteiger partial charge in [-0.3, -0.25) is 33.6 Å². The van der Waals surface area contributed by atoms with E-state index in [0.29, 0.717) is 49.1 Å². The number of unbranched alkanes of at least 4 members (excludes halogenated alkanes) is 1. The minimum Gasteiger partial charge on any atom is -0.491 e. The second-order valence-corrected chi connectivity index (χ2v) is 22.5. The molecule has 4 rings (SSSR count). The Balaban J connectivity index is 1.59. The Bertz CT molecular complexity index is 2730. The number of nitrogens with two attached hydrogens (primary N) is 1. The molecule has 0 saturated carbocycles. The van der Waals surface area contributed by atoms with Crippen molar-refractivity contribution < 1.29 is 62.0 Å². The molecule has 0 heterocycles. The van der Waals surface area contributed by atoms with Crippen LogP contribution in [0.25, 0.3) is 0 Å². The maximum atomic E-state index is 14.8. The molecule has 7 N–H and O–H groups in total. The topological polar surface area (TPSA) is 261 Å². The van der Waals surface area contributed by atoms with Crippen LogP contribution < -0.4 is 41.8 Å². The molecule has 0 aliphatic rings. The van der Waals surface area contributed by atoms with E-state index in [2.05, 4.69) is 38.4 Å². The summed E-state index contributed by atoms with van der Waals surface area (Å²) in [5.74, 6) is 1.05. The lowest BCUT2D eigenvalue weighted by atomic mass is 10.0. The van der Waals surface area contributed by atoms with Gasteiger partial charge in [0.2, 0.25) is 29.5 Å². The van der Waals surface area contributed by atoms with Crippen molar-refractivity contribution in [2.24, 2.45) is 5.73 Å². The number of hydrogen-bond donors (Lipinski definition) is 6. The summed E-state index contributed by atoms with van der Waals surface area (Å²) in [6.07, 6.45) is 0.282. The maximum absolute atomic E-state index is 14.8. The number of rotatable bonds is 31. The lowest BCUT2D eigenvalue weighted by Crippen LogP contribution is -2.60. The number of hydrogen-bond acceptors (Lipinski definition) is 14. The smallest absolute Gasteiger partial charge is 0.308 e. The third-order valence-electron chi connectivity index (χ3n) is 11.6. The molecule has 0 bridgehead atoms. The van der Waals surface area contributed by atoms with Gasteiger partial charge in [-0.05, 0) is 135 Å². The fourth-order valence-electron chi connectivity index (χ4n) is 7.92. The average molecular weight is 1130 g/mol. The van der Waals surface area contributed by atoms with Gasteiger partial charge in [0.05, 0.1) is 38.7 Å². The highest BCUT2D eigenvalue weighted by Gasteiger charge is 2.36. The fourth-order valence-corrected chi connectivity index (χ4v) is 7.92. The molecule has 5 atom stereocenters. The first-order chi connectivity index (χ1) is 38.8. The highest BCUT2D eigenvalue weighted by molar-refractivity contribution is 6.01. The summed E-state index contributed by atoms with van der Waals surface area (Å²) >= 11 is 0. The highest BCUT2D eigenvalue weighted by atomic mass is 16.6. The third kappa shape index (κ3) is 27.1. The summed E-state index contributed by atoms with van der Waals surface area (Å²) in [7, 11) is 0. The van der Waals surface area contributed by atoms with Crippen LogP contribution in [-0.4, -0.2) is 122 Å². The fraction of sp³-hybridized carbons (Fsp3) is 0.476. The maximum Gasteiger partial charge on any atom is 0.308 e. The Labute approximate surface area is 483 Å². The van der Waals surface area contributed by atoms with E-state index in [1.165, 1.54) is 0 Å². The van der Waals surface area contributed by atoms with Crippen molar-refractivity contribution in [3.05, 3.63) is 126 Å². The summed E-state index contributed by atoms with van der Waals surface area (Å²) < 4.78 is 34.0. The van der Waals surface area contributed by atoms with E-state index in [-0.39, 0.29) is 31.6 Å². The first-order valence-corrected chi connectivity index (χ1v) is 27.6. The first-order valence-electron chi connectivity index (χ1n) is 27.6. The molecule has 19 nitrogen and oxygen atoms in total. The molecule has 19 heteroatoms. The highest BCUT2D eigenvalue weighted by Crippen LogP contribution is 2.21. The third-order valence-corrected chi connectivity index (χ3v) is 11.6. The van der Waals surface area contributed by atoms with E-state index in [4.69, 9.17) is 34.2 Å². The molecule has 0 saturated heterocycles. The molecule has 0 fully saturated rings. The summed E-state index contributed by atoms with van der Waals surface area (Å²) in [6.45, 7) is 19.3. The SMILES string of the molecule is CC#CCCCOCCOCCOc1ccc(NC(=O)[C@H](CC(=O)OC(C)(C)C)NC(=O)[C@H](CC(=O)OC(C)(C)C)NC(=O)[C@H](Cc2ccccc2)NC(=O)[C@H](Cc2ccc(OC(C)(C)C)cc2)NC(=O)[C@@H](N)Cc2ccccc2)cc1. The molecule has 0 spiro atoms. The first kappa shape index (κ1) is 66.7. The van der Waals surface area contributed by atoms with Crippen molar-refractivity contribution in [1.29, 1.82) is 0 Å². The molecule has 0 aromatic heterocycles. The van der Waals surface area contributed by atoms with Crippen LogP contribution in [0.1, 0.15) is 112 Å². The van der Waals surface area contributed by atoms with Crippen molar-refractivity contribution in [2.45, 2.75) is 161 Å². The van der Waals surface area contributed by atoms with Gasteiger partial charge in [0.15, 0.2) is 0 Å². The van der Waals surface area contributed by atoms with Crippen LogP contribution in [0.2, 0.25) is 0 Å². The van der Waals surface area contributed by atoms with Crippen molar-refractivity contribution in [3.63, 3.8) is 0 Å². The second kappa shape index (κ2) is 33.2. The van der Waals surface area contributed by atoms with E-state index in [1.807, 2.05) is 51.1 Å². The second-order valence-electron chi connectivity index (χ2n) is 22.5. The van der Waals surface area contributed by atoms with Crippen molar-refractivity contribution in [3.8, 4) is 23.3 Å². The number of anilines is 1. The van der Waals surface area contributed by atoms with Gasteiger partial charge in [0.25, 0.3) is 0 Å². The number of ether oxygens (including phenoxy) is 6. The molecular formula is C63H84N6O13. The number of esters is 2.